The number of rotatable bonds is 25. The van der Waals surface area contributed by atoms with E-state index in [1.807, 2.05) is 54.4 Å². The number of carbonyl (C=O) groups is 3. The lowest BCUT2D eigenvalue weighted by molar-refractivity contribution is -0.148. The van der Waals surface area contributed by atoms with E-state index >= 15 is 0 Å². The third-order valence-corrected chi connectivity index (χ3v) is 15.4. The summed E-state index contributed by atoms with van der Waals surface area (Å²) >= 11 is 0. The molecule has 69 heavy (non-hydrogen) atoms. The Morgan fingerprint density at radius 3 is 2.01 bits per heavy atom. The molecule has 2 N–H and O–H groups in total. The first-order valence-electron chi connectivity index (χ1n) is 27.2. The highest BCUT2D eigenvalue weighted by Gasteiger charge is 2.34. The lowest BCUT2D eigenvalue weighted by Crippen LogP contribution is -2.59. The SMILES string of the molecule is CCCCCCCCCCCCCCCCCCC(=O)OCn1cc2cc(C[C@@H](NC(=O)N3CCC(c4cc5ccccc5[nH]c4=O)CC3)C(=O)N3CCN(C4CCN(C)CC4)CC3)cc(C)c2n1. The summed E-state index contributed by atoms with van der Waals surface area (Å²) in [5.41, 5.74) is 4.21. The number of nitrogens with zero attached hydrogens (tertiary/aromatic N) is 6. The first kappa shape index (κ1) is 52.1. The van der Waals surface area contributed by atoms with Crippen LogP contribution in [0.3, 0.4) is 0 Å². The van der Waals surface area contributed by atoms with E-state index in [4.69, 9.17) is 9.84 Å². The Balaban J connectivity index is 0.884. The number of aromatic amines is 1. The molecule has 2 aromatic carbocycles. The molecule has 5 heterocycles. The highest BCUT2D eigenvalue weighted by Crippen LogP contribution is 2.28. The van der Waals surface area contributed by atoms with Crippen molar-refractivity contribution in [2.45, 2.75) is 180 Å². The number of nitrogens with one attached hydrogen (secondary N) is 2. The lowest BCUT2D eigenvalue weighted by atomic mass is 9.89. The summed E-state index contributed by atoms with van der Waals surface area (Å²) in [5.74, 6) is -0.217. The Morgan fingerprint density at radius 1 is 0.739 bits per heavy atom. The maximum absolute atomic E-state index is 14.5. The van der Waals surface area contributed by atoms with Gasteiger partial charge < -0.3 is 29.7 Å². The largest absolute Gasteiger partial charge is 0.442 e. The van der Waals surface area contributed by atoms with Gasteiger partial charge in [-0.1, -0.05) is 128 Å². The highest BCUT2D eigenvalue weighted by atomic mass is 16.5. The average Bonchev–Trinajstić information content (AvgIpc) is 3.79. The topological polar surface area (TPSA) is 136 Å². The number of aryl methyl sites for hydroxylation is 1. The number of likely N-dealkylation sites (tertiary alicyclic amines) is 2. The van der Waals surface area contributed by atoms with Crippen molar-refractivity contribution >= 4 is 39.7 Å². The lowest BCUT2D eigenvalue weighted by Gasteiger charge is -2.43. The Labute approximate surface area is 412 Å². The minimum atomic E-state index is -0.758. The van der Waals surface area contributed by atoms with Gasteiger partial charge in [0.15, 0.2) is 6.73 Å². The summed E-state index contributed by atoms with van der Waals surface area (Å²) in [5, 5.41) is 9.84. The second-order valence-electron chi connectivity index (χ2n) is 20.7. The van der Waals surface area contributed by atoms with Gasteiger partial charge in [0.25, 0.3) is 5.56 Å². The number of para-hydroxylation sites is 1. The van der Waals surface area contributed by atoms with E-state index in [1.54, 1.807) is 9.58 Å². The van der Waals surface area contributed by atoms with Gasteiger partial charge >= 0.3 is 12.0 Å². The highest BCUT2D eigenvalue weighted by molar-refractivity contribution is 5.88. The zero-order chi connectivity index (χ0) is 48.4. The second kappa shape index (κ2) is 27.0. The minimum Gasteiger partial charge on any atom is -0.442 e. The fourth-order valence-corrected chi connectivity index (χ4v) is 11.1. The standard InChI is InChI=1S/C56H84N8O5/c1-4-5-6-7-8-9-10-11-12-13-14-15-16-17-18-19-24-52(65)69-42-64-41-47-38-44(37-43(2)53(47)59-64)39-51(55(67)62-35-33-61(34-36-62)48-27-29-60(3)30-28-48)58-56(68)63-31-25-45(26-32-63)49-40-46-22-20-21-23-50(46)57-54(49)66/h20-23,37-38,40-41,45,48,51H,4-19,24-36,39,42H2,1-3H3,(H,57,66)(H,58,68)/t51-/m1/s1. The first-order valence-corrected chi connectivity index (χ1v) is 27.2. The third kappa shape index (κ3) is 15.6. The van der Waals surface area contributed by atoms with Crippen LogP contribution in [0.25, 0.3) is 21.8 Å². The molecule has 7 rings (SSSR count). The predicted octanol–water partition coefficient (Wildman–Crippen LogP) is 10.1. The molecule has 13 heteroatoms. The molecule has 3 aliphatic rings. The van der Waals surface area contributed by atoms with Gasteiger partial charge in [-0.15, -0.1) is 0 Å². The molecule has 3 saturated heterocycles. The van der Waals surface area contributed by atoms with Crippen LogP contribution in [-0.2, 0) is 27.5 Å². The molecule has 13 nitrogen and oxygen atoms in total. The predicted molar refractivity (Wildman–Crippen MR) is 278 cm³/mol. The molecule has 0 unspecified atom stereocenters. The zero-order valence-electron chi connectivity index (χ0n) is 42.5. The number of carbonyl (C=O) groups excluding carboxylic acids is 3. The molecule has 3 aliphatic heterocycles. The van der Waals surface area contributed by atoms with Gasteiger partial charge in [-0.2, -0.15) is 5.10 Å². The number of aromatic nitrogens is 3. The number of benzene rings is 2. The van der Waals surface area contributed by atoms with E-state index in [-0.39, 0.29) is 36.1 Å². The van der Waals surface area contributed by atoms with E-state index in [0.717, 1.165) is 96.8 Å². The van der Waals surface area contributed by atoms with Crippen LogP contribution in [0.4, 0.5) is 4.79 Å². The van der Waals surface area contributed by atoms with Crippen molar-refractivity contribution in [2.24, 2.45) is 0 Å². The van der Waals surface area contributed by atoms with Gasteiger partial charge in [-0.05, 0) is 99.8 Å². The third-order valence-electron chi connectivity index (χ3n) is 15.4. The normalized spacial score (nSPS) is 17.2. The van der Waals surface area contributed by atoms with Crippen molar-refractivity contribution in [3.8, 4) is 0 Å². The number of esters is 1. The Bertz CT molecular complexity index is 2280. The van der Waals surface area contributed by atoms with Crippen LogP contribution < -0.4 is 10.9 Å². The quantitative estimate of drug-likeness (QED) is 0.0495. The number of ether oxygens (including phenoxy) is 1. The molecular weight excluding hydrogens is 865 g/mol. The average molecular weight is 949 g/mol. The first-order chi connectivity index (χ1) is 33.6. The van der Waals surface area contributed by atoms with Crippen molar-refractivity contribution in [1.82, 2.24) is 39.7 Å². The van der Waals surface area contributed by atoms with Crippen LogP contribution in [0.1, 0.15) is 164 Å². The molecule has 4 aromatic rings. The van der Waals surface area contributed by atoms with Crippen molar-refractivity contribution in [2.75, 3.05) is 59.4 Å². The van der Waals surface area contributed by atoms with Crippen LogP contribution in [-0.4, -0.2) is 124 Å². The van der Waals surface area contributed by atoms with Crippen LogP contribution in [0.2, 0.25) is 0 Å². The Kier molecular flexibility index (Phi) is 20.4. The molecule has 1 atom stereocenters. The molecule has 0 bridgehead atoms. The summed E-state index contributed by atoms with van der Waals surface area (Å²) in [7, 11) is 2.18. The Morgan fingerprint density at radius 2 is 1.36 bits per heavy atom. The van der Waals surface area contributed by atoms with Gasteiger partial charge in [0.05, 0.1) is 5.52 Å². The molecular formula is C56H84N8O5. The monoisotopic (exact) mass is 949 g/mol. The maximum atomic E-state index is 14.5. The molecule has 2 aromatic heterocycles. The maximum Gasteiger partial charge on any atom is 0.318 e. The van der Waals surface area contributed by atoms with E-state index in [9.17, 15) is 19.2 Å². The number of amides is 3. The van der Waals surface area contributed by atoms with E-state index in [0.29, 0.717) is 57.9 Å². The van der Waals surface area contributed by atoms with Crippen LogP contribution in [0.15, 0.2) is 53.5 Å². The van der Waals surface area contributed by atoms with Crippen LogP contribution >= 0.6 is 0 Å². The molecule has 378 valence electrons. The van der Waals surface area contributed by atoms with Gasteiger partial charge in [-0.3, -0.25) is 19.3 Å². The Hall–Kier alpha value is -4.75. The molecule has 0 saturated carbocycles. The van der Waals surface area contributed by atoms with Gasteiger partial charge in [0.1, 0.15) is 6.04 Å². The fourth-order valence-electron chi connectivity index (χ4n) is 11.1. The van der Waals surface area contributed by atoms with Gasteiger partial charge in [0, 0.05) is 80.8 Å². The number of hydrogen-bond acceptors (Lipinski definition) is 8. The molecule has 3 amide bonds. The summed E-state index contributed by atoms with van der Waals surface area (Å²) in [6, 6.07) is 13.4. The number of piperazine rings is 1. The van der Waals surface area contributed by atoms with Gasteiger partial charge in [0.2, 0.25) is 5.91 Å². The van der Waals surface area contributed by atoms with Crippen molar-refractivity contribution in [3.63, 3.8) is 0 Å². The number of pyridine rings is 1. The summed E-state index contributed by atoms with van der Waals surface area (Å²) in [4.78, 5) is 66.1. The smallest absolute Gasteiger partial charge is 0.318 e. The number of urea groups is 1. The number of piperidine rings is 2. The number of fused-ring (bicyclic) bond motifs is 2. The van der Waals surface area contributed by atoms with Crippen molar-refractivity contribution in [1.29, 1.82) is 0 Å². The van der Waals surface area contributed by atoms with Crippen LogP contribution in [0, 0.1) is 6.92 Å². The molecule has 0 aliphatic carbocycles. The van der Waals surface area contributed by atoms with Gasteiger partial charge in [-0.25, -0.2) is 9.48 Å². The number of unbranched alkanes of at least 4 members (excludes halogenated alkanes) is 15. The van der Waals surface area contributed by atoms with E-state index < -0.39 is 6.04 Å². The van der Waals surface area contributed by atoms with E-state index in [2.05, 4.69) is 40.1 Å². The molecule has 3 fully saturated rings. The van der Waals surface area contributed by atoms with Crippen molar-refractivity contribution < 1.29 is 19.1 Å². The van der Waals surface area contributed by atoms with Crippen molar-refractivity contribution in [3.05, 3.63) is 75.7 Å². The van der Waals surface area contributed by atoms with Crippen LogP contribution in [0.5, 0.6) is 0 Å². The minimum absolute atomic E-state index is 0.0449. The summed E-state index contributed by atoms with van der Waals surface area (Å²) < 4.78 is 7.34. The summed E-state index contributed by atoms with van der Waals surface area (Å²) in [6.45, 7) is 10.4. The fraction of sp³-hybridized carbons (Fsp3) is 0.661. The molecule has 0 radical (unpaired) electrons. The second-order valence-corrected chi connectivity index (χ2v) is 20.7. The number of hydrogen-bond donors (Lipinski definition) is 2. The summed E-state index contributed by atoms with van der Waals surface area (Å²) in [6.07, 6.45) is 27.0. The molecule has 0 spiro atoms. The number of H-pyrrole nitrogens is 1. The zero-order valence-corrected chi connectivity index (χ0v) is 42.5. The van der Waals surface area contributed by atoms with E-state index in [1.165, 1.54) is 83.5 Å².